The lowest BCUT2D eigenvalue weighted by molar-refractivity contribution is -0.139. The molecule has 0 aliphatic carbocycles. The maximum absolute atomic E-state index is 11.4. The van der Waals surface area contributed by atoms with Gasteiger partial charge in [0.15, 0.2) is 18.2 Å². The molecular formula is C14H13ClO5. The van der Waals surface area contributed by atoms with Gasteiger partial charge in [0, 0.05) is 10.6 Å². The topological polar surface area (TPSA) is 80.7 Å². The molecule has 0 saturated heterocycles. The van der Waals surface area contributed by atoms with E-state index in [-0.39, 0.29) is 22.9 Å². The molecule has 0 heterocycles. The third kappa shape index (κ3) is 4.51. The Kier molecular flexibility index (Phi) is 5.46. The second-order valence-corrected chi connectivity index (χ2v) is 4.47. The van der Waals surface area contributed by atoms with Crippen molar-refractivity contribution in [2.24, 2.45) is 0 Å². The molecule has 1 aromatic rings. The lowest BCUT2D eigenvalue weighted by Crippen LogP contribution is -2.10. The molecule has 106 valence electrons. The Bertz CT molecular complexity index is 573. The lowest BCUT2D eigenvalue weighted by atomic mass is 10.0. The Hall–Kier alpha value is -2.14. The zero-order chi connectivity index (χ0) is 15.3. The molecule has 1 aromatic carbocycles. The van der Waals surface area contributed by atoms with E-state index < -0.39 is 12.6 Å². The number of ether oxygens (including phenoxy) is 1. The number of aliphatic carboxylic acids is 1. The highest BCUT2D eigenvalue weighted by Gasteiger charge is 2.12. The monoisotopic (exact) mass is 296 g/mol. The van der Waals surface area contributed by atoms with Gasteiger partial charge in [-0.25, -0.2) is 4.79 Å². The van der Waals surface area contributed by atoms with Gasteiger partial charge in [0.1, 0.15) is 5.75 Å². The fraction of sp³-hybridized carbons (Fsp3) is 0.214. The number of benzene rings is 1. The van der Waals surface area contributed by atoms with Gasteiger partial charge in [0.05, 0.1) is 5.57 Å². The summed E-state index contributed by atoms with van der Waals surface area (Å²) in [4.78, 5) is 33.3. The van der Waals surface area contributed by atoms with Crippen LogP contribution in [-0.2, 0) is 14.4 Å². The standard InChI is InChI=1S/C14H13ClO5/c1-8(16)12(9(2)17)6-10-5-11(15)3-4-13(10)20-7-14(18)19/h3-6H,7H2,1-2H3,(H,18,19). The van der Waals surface area contributed by atoms with Crippen molar-refractivity contribution in [1.82, 2.24) is 0 Å². The predicted molar refractivity (Wildman–Crippen MR) is 73.9 cm³/mol. The second kappa shape index (κ2) is 6.86. The van der Waals surface area contributed by atoms with Crippen LogP contribution in [0.15, 0.2) is 23.8 Å². The zero-order valence-electron chi connectivity index (χ0n) is 11.0. The molecule has 1 rings (SSSR count). The number of ketones is 2. The summed E-state index contributed by atoms with van der Waals surface area (Å²) in [6.07, 6.45) is 1.34. The number of rotatable bonds is 6. The Morgan fingerprint density at radius 1 is 1.25 bits per heavy atom. The van der Waals surface area contributed by atoms with E-state index in [0.29, 0.717) is 10.6 Å². The van der Waals surface area contributed by atoms with Gasteiger partial charge in [-0.1, -0.05) is 11.6 Å². The summed E-state index contributed by atoms with van der Waals surface area (Å²) in [5.74, 6) is -1.67. The summed E-state index contributed by atoms with van der Waals surface area (Å²) in [5, 5.41) is 8.98. The Balaban J connectivity index is 3.23. The van der Waals surface area contributed by atoms with Crippen molar-refractivity contribution in [3.63, 3.8) is 0 Å². The van der Waals surface area contributed by atoms with Gasteiger partial charge < -0.3 is 9.84 Å². The van der Waals surface area contributed by atoms with E-state index >= 15 is 0 Å². The van der Waals surface area contributed by atoms with E-state index in [9.17, 15) is 14.4 Å². The molecule has 0 amide bonds. The normalized spacial score (nSPS) is 9.75. The Morgan fingerprint density at radius 2 is 1.85 bits per heavy atom. The number of Topliss-reactive ketones (excluding diaryl/α,β-unsaturated/α-hetero) is 2. The highest BCUT2D eigenvalue weighted by atomic mass is 35.5. The number of hydrogen-bond donors (Lipinski definition) is 1. The van der Waals surface area contributed by atoms with Gasteiger partial charge in [-0.05, 0) is 38.1 Å². The van der Waals surface area contributed by atoms with E-state index in [1.165, 1.54) is 38.1 Å². The third-order valence-electron chi connectivity index (χ3n) is 2.38. The molecule has 0 unspecified atom stereocenters. The SMILES string of the molecule is CC(=O)C(=Cc1cc(Cl)ccc1OCC(=O)O)C(C)=O. The first kappa shape index (κ1) is 15.9. The van der Waals surface area contributed by atoms with E-state index in [4.69, 9.17) is 21.4 Å². The van der Waals surface area contributed by atoms with Crippen molar-refractivity contribution in [3.05, 3.63) is 34.4 Å². The van der Waals surface area contributed by atoms with Crippen molar-refractivity contribution in [1.29, 1.82) is 0 Å². The first-order chi connectivity index (χ1) is 9.31. The highest BCUT2D eigenvalue weighted by Crippen LogP contribution is 2.25. The van der Waals surface area contributed by atoms with Crippen LogP contribution in [0.25, 0.3) is 6.08 Å². The van der Waals surface area contributed by atoms with Gasteiger partial charge in [0.25, 0.3) is 0 Å². The first-order valence-corrected chi connectivity index (χ1v) is 6.06. The zero-order valence-corrected chi connectivity index (χ0v) is 11.7. The quantitative estimate of drug-likeness (QED) is 0.495. The van der Waals surface area contributed by atoms with E-state index in [1.54, 1.807) is 0 Å². The molecule has 0 aliphatic rings. The van der Waals surface area contributed by atoms with Gasteiger partial charge in [-0.3, -0.25) is 9.59 Å². The maximum Gasteiger partial charge on any atom is 0.341 e. The minimum Gasteiger partial charge on any atom is -0.481 e. The van der Waals surface area contributed by atoms with Crippen LogP contribution in [0.4, 0.5) is 0 Å². The summed E-state index contributed by atoms with van der Waals surface area (Å²) in [5.41, 5.74) is 0.367. The third-order valence-corrected chi connectivity index (χ3v) is 2.62. The molecule has 0 bridgehead atoms. The number of allylic oxidation sites excluding steroid dienone is 1. The predicted octanol–water partition coefficient (Wildman–Crippen LogP) is 2.36. The minimum atomic E-state index is -1.13. The van der Waals surface area contributed by atoms with Crippen LogP contribution in [0.2, 0.25) is 5.02 Å². The van der Waals surface area contributed by atoms with Crippen LogP contribution >= 0.6 is 11.6 Å². The number of carboxylic acid groups (broad SMARTS) is 1. The van der Waals surface area contributed by atoms with Gasteiger partial charge in [0.2, 0.25) is 0 Å². The van der Waals surface area contributed by atoms with Crippen molar-refractivity contribution in [2.45, 2.75) is 13.8 Å². The van der Waals surface area contributed by atoms with Crippen molar-refractivity contribution in [2.75, 3.05) is 6.61 Å². The van der Waals surface area contributed by atoms with Crippen LogP contribution in [0.3, 0.4) is 0 Å². The highest BCUT2D eigenvalue weighted by molar-refractivity contribution is 6.31. The number of halogens is 1. The van der Waals surface area contributed by atoms with E-state index in [1.807, 2.05) is 0 Å². The number of carbonyl (C=O) groups is 3. The lowest BCUT2D eigenvalue weighted by Gasteiger charge is -2.08. The summed E-state index contributed by atoms with van der Waals surface area (Å²) >= 11 is 5.85. The largest absolute Gasteiger partial charge is 0.481 e. The molecule has 0 spiro atoms. The molecule has 1 N–H and O–H groups in total. The van der Waals surface area contributed by atoms with Crippen molar-refractivity contribution < 1.29 is 24.2 Å². The Labute approximate surface area is 120 Å². The van der Waals surface area contributed by atoms with Crippen LogP contribution in [0.5, 0.6) is 5.75 Å². The molecule has 5 nitrogen and oxygen atoms in total. The van der Waals surface area contributed by atoms with Crippen LogP contribution in [0.1, 0.15) is 19.4 Å². The summed E-state index contributed by atoms with van der Waals surface area (Å²) < 4.78 is 5.09. The smallest absolute Gasteiger partial charge is 0.341 e. The molecular weight excluding hydrogens is 284 g/mol. The summed E-state index contributed by atoms with van der Waals surface area (Å²) in [6, 6.07) is 4.50. The number of carbonyl (C=O) groups excluding carboxylic acids is 2. The van der Waals surface area contributed by atoms with E-state index in [2.05, 4.69) is 0 Å². The molecule has 0 aliphatic heterocycles. The maximum atomic E-state index is 11.4. The first-order valence-electron chi connectivity index (χ1n) is 5.69. The van der Waals surface area contributed by atoms with Crippen molar-refractivity contribution >= 4 is 35.2 Å². The fourth-order valence-electron chi connectivity index (χ4n) is 1.51. The van der Waals surface area contributed by atoms with Crippen LogP contribution in [-0.4, -0.2) is 29.2 Å². The Morgan fingerprint density at radius 3 is 2.35 bits per heavy atom. The molecule has 0 aromatic heterocycles. The van der Waals surface area contributed by atoms with Gasteiger partial charge >= 0.3 is 5.97 Å². The molecule has 20 heavy (non-hydrogen) atoms. The van der Waals surface area contributed by atoms with Crippen LogP contribution < -0.4 is 4.74 Å². The second-order valence-electron chi connectivity index (χ2n) is 4.03. The molecule has 0 fully saturated rings. The van der Waals surface area contributed by atoms with Crippen LogP contribution in [0, 0.1) is 0 Å². The number of hydrogen-bond acceptors (Lipinski definition) is 4. The molecule has 0 saturated carbocycles. The minimum absolute atomic E-state index is 0.00700. The average molecular weight is 297 g/mol. The summed E-state index contributed by atoms with van der Waals surface area (Å²) in [6.45, 7) is 2.02. The summed E-state index contributed by atoms with van der Waals surface area (Å²) in [7, 11) is 0. The average Bonchev–Trinajstić information content (AvgIpc) is 2.33. The van der Waals surface area contributed by atoms with E-state index in [0.717, 1.165) is 0 Å². The molecule has 0 radical (unpaired) electrons. The van der Waals surface area contributed by atoms with Gasteiger partial charge in [-0.2, -0.15) is 0 Å². The fourth-order valence-corrected chi connectivity index (χ4v) is 1.69. The molecule has 6 heteroatoms. The molecule has 0 atom stereocenters. The number of carboxylic acids is 1. The van der Waals surface area contributed by atoms with Gasteiger partial charge in [-0.15, -0.1) is 0 Å². The van der Waals surface area contributed by atoms with Crippen molar-refractivity contribution in [3.8, 4) is 5.75 Å².